The Hall–Kier alpha value is -3.48. The molecule has 144 valence electrons. The standard InChI is InChI=1S/C21H19FN2O4/c1-14-19(24-20(28-14)16-5-3-2-4-6-16)21(26)27-13-18(25)23-12-11-15-7-9-17(22)10-8-15/h2-10H,11-13H2,1H3,(H,23,25). The number of amides is 1. The van der Waals surface area contributed by atoms with Gasteiger partial charge in [0.1, 0.15) is 11.6 Å². The number of benzene rings is 2. The van der Waals surface area contributed by atoms with E-state index in [0.717, 1.165) is 11.1 Å². The van der Waals surface area contributed by atoms with E-state index in [2.05, 4.69) is 10.3 Å². The van der Waals surface area contributed by atoms with Crippen molar-refractivity contribution in [2.24, 2.45) is 0 Å². The summed E-state index contributed by atoms with van der Waals surface area (Å²) >= 11 is 0. The first-order valence-corrected chi connectivity index (χ1v) is 8.74. The van der Waals surface area contributed by atoms with Gasteiger partial charge in [-0.15, -0.1) is 0 Å². The fourth-order valence-corrected chi connectivity index (χ4v) is 2.54. The van der Waals surface area contributed by atoms with E-state index in [1.165, 1.54) is 12.1 Å². The number of aryl methyl sites for hydroxylation is 1. The molecule has 3 rings (SSSR count). The van der Waals surface area contributed by atoms with E-state index in [1.807, 2.05) is 30.3 Å². The van der Waals surface area contributed by atoms with Crippen LogP contribution in [0.25, 0.3) is 11.5 Å². The Labute approximate surface area is 161 Å². The molecule has 0 spiro atoms. The van der Waals surface area contributed by atoms with Crippen LogP contribution in [-0.2, 0) is 16.0 Å². The fraction of sp³-hybridized carbons (Fsp3) is 0.190. The summed E-state index contributed by atoms with van der Waals surface area (Å²) in [5.74, 6) is -0.829. The van der Waals surface area contributed by atoms with Gasteiger partial charge in [0, 0.05) is 12.1 Å². The molecule has 0 radical (unpaired) electrons. The van der Waals surface area contributed by atoms with Crippen LogP contribution in [0.5, 0.6) is 0 Å². The number of nitrogens with zero attached hydrogens (tertiary/aromatic N) is 1. The summed E-state index contributed by atoms with van der Waals surface area (Å²) in [5.41, 5.74) is 1.67. The monoisotopic (exact) mass is 382 g/mol. The van der Waals surface area contributed by atoms with Crippen LogP contribution in [0.15, 0.2) is 59.0 Å². The molecule has 1 N–H and O–H groups in total. The van der Waals surface area contributed by atoms with Crippen molar-refractivity contribution >= 4 is 11.9 Å². The number of nitrogens with one attached hydrogen (secondary N) is 1. The number of rotatable bonds is 7. The average Bonchev–Trinajstić information content (AvgIpc) is 3.10. The lowest BCUT2D eigenvalue weighted by Gasteiger charge is -2.06. The van der Waals surface area contributed by atoms with Gasteiger partial charge in [-0.05, 0) is 43.2 Å². The Morgan fingerprint density at radius 1 is 1.11 bits per heavy atom. The molecule has 6 nitrogen and oxygen atoms in total. The van der Waals surface area contributed by atoms with Crippen molar-refractivity contribution in [3.8, 4) is 11.5 Å². The van der Waals surface area contributed by atoms with Crippen LogP contribution in [-0.4, -0.2) is 30.0 Å². The molecule has 2 aromatic carbocycles. The SMILES string of the molecule is Cc1oc(-c2ccccc2)nc1C(=O)OCC(=O)NCCc1ccc(F)cc1. The Bertz CT molecular complexity index is 952. The zero-order chi connectivity index (χ0) is 19.9. The van der Waals surface area contributed by atoms with Gasteiger partial charge >= 0.3 is 5.97 Å². The minimum atomic E-state index is -0.725. The van der Waals surface area contributed by atoms with Gasteiger partial charge in [-0.2, -0.15) is 0 Å². The Kier molecular flexibility index (Phi) is 6.16. The highest BCUT2D eigenvalue weighted by atomic mass is 19.1. The smallest absolute Gasteiger partial charge is 0.361 e. The van der Waals surface area contributed by atoms with Crippen molar-refractivity contribution in [1.29, 1.82) is 0 Å². The second kappa shape index (κ2) is 8.94. The molecular formula is C21H19FN2O4. The molecule has 0 fully saturated rings. The third-order valence-corrected chi connectivity index (χ3v) is 3.99. The molecule has 0 aliphatic carbocycles. The first kappa shape index (κ1) is 19.3. The third-order valence-electron chi connectivity index (χ3n) is 3.99. The number of aromatic nitrogens is 1. The molecule has 1 heterocycles. The normalized spacial score (nSPS) is 10.5. The summed E-state index contributed by atoms with van der Waals surface area (Å²) in [6, 6.07) is 15.2. The van der Waals surface area contributed by atoms with E-state index in [-0.39, 0.29) is 11.5 Å². The maximum absolute atomic E-state index is 12.8. The van der Waals surface area contributed by atoms with Crippen LogP contribution in [0.2, 0.25) is 0 Å². The largest absolute Gasteiger partial charge is 0.451 e. The molecule has 1 aromatic heterocycles. The first-order valence-electron chi connectivity index (χ1n) is 8.74. The van der Waals surface area contributed by atoms with Crippen molar-refractivity contribution in [3.05, 3.63) is 77.4 Å². The van der Waals surface area contributed by atoms with E-state index in [1.54, 1.807) is 19.1 Å². The average molecular weight is 382 g/mol. The molecular weight excluding hydrogens is 363 g/mol. The van der Waals surface area contributed by atoms with Gasteiger partial charge in [0.2, 0.25) is 5.89 Å². The predicted molar refractivity (Wildman–Crippen MR) is 100 cm³/mol. The quantitative estimate of drug-likeness (QED) is 0.634. The van der Waals surface area contributed by atoms with Crippen molar-refractivity contribution in [2.75, 3.05) is 13.2 Å². The number of oxazole rings is 1. The molecule has 0 saturated carbocycles. The summed E-state index contributed by atoms with van der Waals surface area (Å²) in [6.45, 7) is 1.54. The lowest BCUT2D eigenvalue weighted by atomic mass is 10.1. The van der Waals surface area contributed by atoms with Gasteiger partial charge in [-0.25, -0.2) is 14.2 Å². The van der Waals surface area contributed by atoms with E-state index in [9.17, 15) is 14.0 Å². The number of carbonyl (C=O) groups excluding carboxylic acids is 2. The highest BCUT2D eigenvalue weighted by molar-refractivity contribution is 5.90. The molecule has 0 aliphatic heterocycles. The topological polar surface area (TPSA) is 81.4 Å². The maximum Gasteiger partial charge on any atom is 0.361 e. The Balaban J connectivity index is 1.48. The summed E-state index contributed by atoms with van der Waals surface area (Å²) in [4.78, 5) is 28.2. The van der Waals surface area contributed by atoms with Crippen molar-refractivity contribution in [1.82, 2.24) is 10.3 Å². The fourth-order valence-electron chi connectivity index (χ4n) is 2.54. The van der Waals surface area contributed by atoms with Crippen molar-refractivity contribution < 1.29 is 23.1 Å². The van der Waals surface area contributed by atoms with Crippen molar-refractivity contribution in [3.63, 3.8) is 0 Å². The molecule has 0 unspecified atom stereocenters. The number of halogens is 1. The zero-order valence-corrected chi connectivity index (χ0v) is 15.3. The molecule has 1 amide bonds. The molecule has 0 aliphatic rings. The van der Waals surface area contributed by atoms with Crippen LogP contribution in [0.4, 0.5) is 4.39 Å². The maximum atomic E-state index is 12.8. The third kappa shape index (κ3) is 5.03. The van der Waals surface area contributed by atoms with Crippen LogP contribution in [0.3, 0.4) is 0 Å². The summed E-state index contributed by atoms with van der Waals surface area (Å²) in [6.07, 6.45) is 0.544. The van der Waals surface area contributed by atoms with E-state index < -0.39 is 18.5 Å². The van der Waals surface area contributed by atoms with Gasteiger partial charge in [-0.1, -0.05) is 30.3 Å². The van der Waals surface area contributed by atoms with Crippen LogP contribution >= 0.6 is 0 Å². The Morgan fingerprint density at radius 3 is 2.54 bits per heavy atom. The van der Waals surface area contributed by atoms with Crippen LogP contribution in [0, 0.1) is 12.7 Å². The molecule has 0 atom stereocenters. The summed E-state index contributed by atoms with van der Waals surface area (Å²) < 4.78 is 23.4. The number of esters is 1. The van der Waals surface area contributed by atoms with E-state index >= 15 is 0 Å². The molecule has 0 saturated heterocycles. The second-order valence-corrected chi connectivity index (χ2v) is 6.09. The zero-order valence-electron chi connectivity index (χ0n) is 15.3. The highest BCUT2D eigenvalue weighted by Crippen LogP contribution is 2.21. The van der Waals surface area contributed by atoms with Crippen LogP contribution in [0.1, 0.15) is 21.8 Å². The van der Waals surface area contributed by atoms with Crippen LogP contribution < -0.4 is 5.32 Å². The van der Waals surface area contributed by atoms with Gasteiger partial charge < -0.3 is 14.5 Å². The predicted octanol–water partition coefficient (Wildman–Crippen LogP) is 3.30. The highest BCUT2D eigenvalue weighted by Gasteiger charge is 2.20. The molecule has 28 heavy (non-hydrogen) atoms. The Morgan fingerprint density at radius 2 is 1.82 bits per heavy atom. The summed E-state index contributed by atoms with van der Waals surface area (Å²) in [7, 11) is 0. The van der Waals surface area contributed by atoms with Crippen molar-refractivity contribution in [2.45, 2.75) is 13.3 Å². The lowest BCUT2D eigenvalue weighted by molar-refractivity contribution is -0.124. The van der Waals surface area contributed by atoms with Gasteiger partial charge in [0.15, 0.2) is 12.3 Å². The summed E-state index contributed by atoms with van der Waals surface area (Å²) in [5, 5.41) is 2.64. The first-order chi connectivity index (χ1) is 13.5. The van der Waals surface area contributed by atoms with Gasteiger partial charge in [0.25, 0.3) is 5.91 Å². The number of hydrogen-bond donors (Lipinski definition) is 1. The molecule has 3 aromatic rings. The number of carbonyl (C=O) groups is 2. The van der Waals surface area contributed by atoms with E-state index in [4.69, 9.17) is 9.15 Å². The lowest BCUT2D eigenvalue weighted by Crippen LogP contribution is -2.30. The molecule has 7 heteroatoms. The molecule has 0 bridgehead atoms. The minimum absolute atomic E-state index is 0.0398. The number of ether oxygens (including phenoxy) is 1. The second-order valence-electron chi connectivity index (χ2n) is 6.09. The van der Waals surface area contributed by atoms with Gasteiger partial charge in [-0.3, -0.25) is 4.79 Å². The minimum Gasteiger partial charge on any atom is -0.451 e. The van der Waals surface area contributed by atoms with Gasteiger partial charge in [0.05, 0.1) is 0 Å². The van der Waals surface area contributed by atoms with E-state index in [0.29, 0.717) is 24.6 Å². The number of hydrogen-bond acceptors (Lipinski definition) is 5.